The van der Waals surface area contributed by atoms with Gasteiger partial charge in [-0.2, -0.15) is 0 Å². The van der Waals surface area contributed by atoms with Crippen molar-refractivity contribution in [3.8, 4) is 5.75 Å². The van der Waals surface area contributed by atoms with Gasteiger partial charge in [0.15, 0.2) is 0 Å². The van der Waals surface area contributed by atoms with Gasteiger partial charge in [-0.05, 0) is 19.4 Å². The van der Waals surface area contributed by atoms with Crippen LogP contribution in [0.1, 0.15) is 24.1 Å². The van der Waals surface area contributed by atoms with E-state index >= 15 is 0 Å². The van der Waals surface area contributed by atoms with E-state index in [1.807, 2.05) is 38.1 Å². The molecule has 0 aliphatic carbocycles. The van der Waals surface area contributed by atoms with Crippen LogP contribution in [0.5, 0.6) is 5.75 Å². The summed E-state index contributed by atoms with van der Waals surface area (Å²) >= 11 is 0. The minimum atomic E-state index is -0.387. The van der Waals surface area contributed by atoms with E-state index in [1.165, 1.54) is 18.7 Å². The Hall–Kier alpha value is -2.23. The minimum Gasteiger partial charge on any atom is -0.495 e. The van der Waals surface area contributed by atoms with E-state index in [-0.39, 0.29) is 11.9 Å². The zero-order chi connectivity index (χ0) is 14.7. The molecule has 106 valence electrons. The number of benzene rings is 2. The van der Waals surface area contributed by atoms with Crippen LogP contribution in [0, 0.1) is 12.7 Å². The molecule has 0 aliphatic rings. The molecule has 0 saturated carbocycles. The van der Waals surface area contributed by atoms with Crippen molar-refractivity contribution in [2.45, 2.75) is 19.9 Å². The van der Waals surface area contributed by atoms with Crippen LogP contribution in [-0.2, 0) is 0 Å². The lowest BCUT2D eigenvalue weighted by atomic mass is 10.1. The second kappa shape index (κ2) is 5.82. The second-order valence-corrected chi connectivity index (χ2v) is 4.85. The Bertz CT molecular complexity index is 596. The van der Waals surface area contributed by atoms with Crippen molar-refractivity contribution in [2.75, 3.05) is 18.2 Å². The lowest BCUT2D eigenvalue weighted by Gasteiger charge is -2.17. The predicted octanol–water partition coefficient (Wildman–Crippen LogP) is 3.90. The number of nitrogens with one attached hydrogen (secondary N) is 1. The van der Waals surface area contributed by atoms with Crippen molar-refractivity contribution in [2.24, 2.45) is 0 Å². The zero-order valence-corrected chi connectivity index (χ0v) is 11.9. The lowest BCUT2D eigenvalue weighted by Crippen LogP contribution is -2.08. The van der Waals surface area contributed by atoms with Crippen molar-refractivity contribution >= 4 is 11.4 Å². The minimum absolute atomic E-state index is 0.0153. The summed E-state index contributed by atoms with van der Waals surface area (Å²) in [4.78, 5) is 0. The maximum Gasteiger partial charge on any atom is 0.148 e. The first-order valence-electron chi connectivity index (χ1n) is 6.47. The topological polar surface area (TPSA) is 47.3 Å². The zero-order valence-electron chi connectivity index (χ0n) is 11.9. The Labute approximate surface area is 118 Å². The maximum atomic E-state index is 13.9. The smallest absolute Gasteiger partial charge is 0.148 e. The second-order valence-electron chi connectivity index (χ2n) is 4.85. The Morgan fingerprint density at radius 1 is 1.20 bits per heavy atom. The van der Waals surface area contributed by atoms with E-state index in [1.54, 1.807) is 6.07 Å². The van der Waals surface area contributed by atoms with Gasteiger partial charge in [0.1, 0.15) is 11.6 Å². The monoisotopic (exact) mass is 274 g/mol. The van der Waals surface area contributed by atoms with Crippen LogP contribution in [0.3, 0.4) is 0 Å². The van der Waals surface area contributed by atoms with E-state index in [0.717, 1.165) is 5.56 Å². The molecule has 2 aromatic rings. The van der Waals surface area contributed by atoms with E-state index in [2.05, 4.69) is 5.32 Å². The molecular weight excluding hydrogens is 255 g/mol. The maximum absolute atomic E-state index is 13.9. The van der Waals surface area contributed by atoms with Crippen LogP contribution in [0.25, 0.3) is 0 Å². The Kier molecular flexibility index (Phi) is 4.13. The van der Waals surface area contributed by atoms with Gasteiger partial charge in [-0.3, -0.25) is 0 Å². The van der Waals surface area contributed by atoms with E-state index in [0.29, 0.717) is 17.1 Å². The lowest BCUT2D eigenvalue weighted by molar-refractivity contribution is 0.416. The average molecular weight is 274 g/mol. The third kappa shape index (κ3) is 3.02. The third-order valence-electron chi connectivity index (χ3n) is 3.27. The number of aryl methyl sites for hydroxylation is 1. The van der Waals surface area contributed by atoms with Crippen molar-refractivity contribution in [3.63, 3.8) is 0 Å². The fraction of sp³-hybridized carbons (Fsp3) is 0.250. The fourth-order valence-corrected chi connectivity index (χ4v) is 2.03. The fourth-order valence-electron chi connectivity index (χ4n) is 2.03. The first-order valence-corrected chi connectivity index (χ1v) is 6.47. The molecule has 0 aliphatic heterocycles. The number of hydrogen-bond donors (Lipinski definition) is 2. The van der Waals surface area contributed by atoms with E-state index in [4.69, 9.17) is 10.5 Å². The van der Waals surface area contributed by atoms with Gasteiger partial charge < -0.3 is 15.8 Å². The largest absolute Gasteiger partial charge is 0.495 e. The van der Waals surface area contributed by atoms with Gasteiger partial charge in [0.2, 0.25) is 0 Å². The van der Waals surface area contributed by atoms with Gasteiger partial charge in [-0.1, -0.05) is 29.8 Å². The van der Waals surface area contributed by atoms with Crippen molar-refractivity contribution in [1.82, 2.24) is 0 Å². The van der Waals surface area contributed by atoms with Gasteiger partial charge >= 0.3 is 0 Å². The van der Waals surface area contributed by atoms with Gasteiger partial charge in [0.25, 0.3) is 0 Å². The molecule has 0 bridgehead atoms. The predicted molar refractivity (Wildman–Crippen MR) is 80.6 cm³/mol. The molecule has 3 nitrogen and oxygen atoms in total. The molecule has 3 N–H and O–H groups in total. The highest BCUT2D eigenvalue weighted by Crippen LogP contribution is 2.30. The normalized spacial score (nSPS) is 12.0. The summed E-state index contributed by atoms with van der Waals surface area (Å²) in [5.74, 6) is 0.0762. The van der Waals surface area contributed by atoms with Crippen molar-refractivity contribution < 1.29 is 9.13 Å². The molecule has 2 rings (SSSR count). The highest BCUT2D eigenvalue weighted by atomic mass is 19.1. The highest BCUT2D eigenvalue weighted by Gasteiger charge is 2.12. The molecule has 0 heterocycles. The third-order valence-corrected chi connectivity index (χ3v) is 3.27. The van der Waals surface area contributed by atoms with Crippen LogP contribution < -0.4 is 15.8 Å². The van der Waals surface area contributed by atoms with Crippen molar-refractivity contribution in [1.29, 1.82) is 0 Å². The molecule has 0 fully saturated rings. The average Bonchev–Trinajstić information content (AvgIpc) is 2.42. The van der Waals surface area contributed by atoms with Crippen LogP contribution in [0.15, 0.2) is 36.4 Å². The summed E-state index contributed by atoms with van der Waals surface area (Å²) in [7, 11) is 1.51. The molecule has 0 spiro atoms. The molecule has 0 aromatic heterocycles. The number of ether oxygens (including phenoxy) is 1. The molecule has 1 unspecified atom stereocenters. The number of halogens is 1. The van der Waals surface area contributed by atoms with Crippen LogP contribution in [0.4, 0.5) is 15.8 Å². The summed E-state index contributed by atoms with van der Waals surface area (Å²) in [6, 6.07) is 11.0. The van der Waals surface area contributed by atoms with E-state index in [9.17, 15) is 4.39 Å². The standard InChI is InChI=1S/C16H19FN2O/c1-10-4-6-12(7-5-10)11(2)19-15-9-16(20-3)14(18)8-13(15)17/h4-9,11,19H,18H2,1-3H3. The number of rotatable bonds is 4. The number of hydrogen-bond acceptors (Lipinski definition) is 3. The van der Waals surface area contributed by atoms with Gasteiger partial charge in [0.05, 0.1) is 18.5 Å². The molecule has 0 saturated heterocycles. The SMILES string of the molecule is COc1cc(NC(C)c2ccc(C)cc2)c(F)cc1N. The summed E-state index contributed by atoms with van der Waals surface area (Å²) in [5.41, 5.74) is 8.62. The summed E-state index contributed by atoms with van der Waals surface area (Å²) in [6.07, 6.45) is 0. The van der Waals surface area contributed by atoms with Crippen LogP contribution in [-0.4, -0.2) is 7.11 Å². The molecule has 2 aromatic carbocycles. The first-order chi connectivity index (χ1) is 9.51. The van der Waals surface area contributed by atoms with Gasteiger partial charge in [-0.15, -0.1) is 0 Å². The molecule has 0 amide bonds. The number of methoxy groups -OCH3 is 1. The summed E-state index contributed by atoms with van der Waals surface area (Å²) < 4.78 is 19.0. The summed E-state index contributed by atoms with van der Waals surface area (Å²) in [6.45, 7) is 4.01. The van der Waals surface area contributed by atoms with Crippen LogP contribution in [0.2, 0.25) is 0 Å². The van der Waals surface area contributed by atoms with E-state index < -0.39 is 0 Å². The quantitative estimate of drug-likeness (QED) is 0.831. The van der Waals surface area contributed by atoms with Crippen LogP contribution >= 0.6 is 0 Å². The molecule has 20 heavy (non-hydrogen) atoms. The van der Waals surface area contributed by atoms with Gasteiger partial charge in [0, 0.05) is 18.2 Å². The Balaban J connectivity index is 2.23. The number of nitrogens with two attached hydrogens (primary N) is 1. The summed E-state index contributed by atoms with van der Waals surface area (Å²) in [5, 5.41) is 3.14. The number of anilines is 2. The number of nitrogen functional groups attached to an aromatic ring is 1. The van der Waals surface area contributed by atoms with Gasteiger partial charge in [-0.25, -0.2) is 4.39 Å². The highest BCUT2D eigenvalue weighted by molar-refractivity contribution is 5.62. The molecular formula is C16H19FN2O. The molecule has 0 radical (unpaired) electrons. The molecule has 4 heteroatoms. The molecule has 1 atom stereocenters. The first kappa shape index (κ1) is 14.2. The Morgan fingerprint density at radius 3 is 2.45 bits per heavy atom. The van der Waals surface area contributed by atoms with Crippen molar-refractivity contribution in [3.05, 3.63) is 53.3 Å². The Morgan fingerprint density at radius 2 is 1.85 bits per heavy atom.